The first-order valence-corrected chi connectivity index (χ1v) is 5.63. The second kappa shape index (κ2) is 5.54. The Labute approximate surface area is 106 Å². The molecule has 0 unspecified atom stereocenters. The molecule has 2 aromatic rings. The van der Waals surface area contributed by atoms with Crippen molar-refractivity contribution in [3.63, 3.8) is 0 Å². The first-order valence-electron chi connectivity index (χ1n) is 5.26. The normalized spacial score (nSPS) is 11.4. The lowest BCUT2D eigenvalue weighted by Crippen LogP contribution is -1.93. The van der Waals surface area contributed by atoms with E-state index in [1.54, 1.807) is 24.3 Å². The summed E-state index contributed by atoms with van der Waals surface area (Å²) in [6.45, 7) is 0. The molecule has 0 saturated heterocycles. The van der Waals surface area contributed by atoms with Crippen LogP contribution < -0.4 is 0 Å². The summed E-state index contributed by atoms with van der Waals surface area (Å²) >= 11 is 5.85. The molecule has 0 aliphatic carbocycles. The van der Waals surface area contributed by atoms with Crippen molar-refractivity contribution in [1.29, 1.82) is 0 Å². The summed E-state index contributed by atoms with van der Waals surface area (Å²) in [6.07, 6.45) is -0.811. The fourth-order valence-corrected chi connectivity index (χ4v) is 1.63. The second-order valence-corrected chi connectivity index (χ2v) is 4.03. The van der Waals surface area contributed by atoms with Gasteiger partial charge in [0.1, 0.15) is 6.10 Å². The van der Waals surface area contributed by atoms with Crippen molar-refractivity contribution in [1.82, 2.24) is 0 Å². The molecule has 1 nitrogen and oxygen atoms in total. The molecule has 0 radical (unpaired) electrons. The van der Waals surface area contributed by atoms with Gasteiger partial charge < -0.3 is 5.11 Å². The van der Waals surface area contributed by atoms with Crippen molar-refractivity contribution in [3.05, 3.63) is 70.7 Å². The molecule has 2 aromatic carbocycles. The second-order valence-electron chi connectivity index (χ2n) is 3.59. The highest BCUT2D eigenvalue weighted by Gasteiger charge is 2.03. The van der Waals surface area contributed by atoms with E-state index in [2.05, 4.69) is 11.8 Å². The van der Waals surface area contributed by atoms with Gasteiger partial charge in [-0.3, -0.25) is 0 Å². The van der Waals surface area contributed by atoms with E-state index in [-0.39, 0.29) is 0 Å². The zero-order valence-electron chi connectivity index (χ0n) is 9.10. The van der Waals surface area contributed by atoms with Crippen LogP contribution in [0.25, 0.3) is 0 Å². The Morgan fingerprint density at radius 1 is 1.00 bits per heavy atom. The summed E-state index contributed by atoms with van der Waals surface area (Å²) in [5.74, 6) is 5.71. The van der Waals surface area contributed by atoms with E-state index in [9.17, 15) is 5.11 Å². The van der Waals surface area contributed by atoms with Gasteiger partial charge in [0, 0.05) is 10.6 Å². The fraction of sp³-hybridized carbons (Fsp3) is 0.0667. The van der Waals surface area contributed by atoms with Crippen molar-refractivity contribution in [2.75, 3.05) is 0 Å². The highest BCUT2D eigenvalue weighted by Crippen LogP contribution is 2.17. The van der Waals surface area contributed by atoms with Crippen LogP contribution >= 0.6 is 11.6 Å². The third-order valence-corrected chi connectivity index (χ3v) is 2.53. The smallest absolute Gasteiger partial charge is 0.140 e. The minimum absolute atomic E-state index is 0.600. The minimum atomic E-state index is -0.811. The minimum Gasteiger partial charge on any atom is -0.376 e. The van der Waals surface area contributed by atoms with E-state index < -0.39 is 6.10 Å². The molecule has 0 spiro atoms. The largest absolute Gasteiger partial charge is 0.376 e. The Morgan fingerprint density at radius 2 is 1.76 bits per heavy atom. The van der Waals surface area contributed by atoms with Gasteiger partial charge in [-0.15, -0.1) is 0 Å². The topological polar surface area (TPSA) is 20.2 Å². The third kappa shape index (κ3) is 3.35. The van der Waals surface area contributed by atoms with E-state index >= 15 is 0 Å². The first-order chi connectivity index (χ1) is 8.25. The zero-order valence-corrected chi connectivity index (χ0v) is 9.85. The SMILES string of the molecule is O[C@H](C#Cc1ccccc1)c1cccc(Cl)c1. The van der Waals surface area contributed by atoms with Crippen LogP contribution in [0.15, 0.2) is 54.6 Å². The maximum atomic E-state index is 9.87. The van der Waals surface area contributed by atoms with Gasteiger partial charge in [-0.05, 0) is 29.8 Å². The molecule has 2 rings (SSSR count). The van der Waals surface area contributed by atoms with E-state index in [0.717, 1.165) is 5.56 Å². The molecule has 1 atom stereocenters. The maximum absolute atomic E-state index is 9.87. The van der Waals surface area contributed by atoms with Crippen molar-refractivity contribution in [3.8, 4) is 11.8 Å². The van der Waals surface area contributed by atoms with Gasteiger partial charge in [-0.2, -0.15) is 0 Å². The molecule has 1 N–H and O–H groups in total. The molecule has 0 fully saturated rings. The summed E-state index contributed by atoms with van der Waals surface area (Å²) in [5.41, 5.74) is 1.59. The summed E-state index contributed by atoms with van der Waals surface area (Å²) in [7, 11) is 0. The highest BCUT2D eigenvalue weighted by molar-refractivity contribution is 6.30. The van der Waals surface area contributed by atoms with Gasteiger partial charge in [-0.1, -0.05) is 53.8 Å². The molecule has 0 aliphatic rings. The van der Waals surface area contributed by atoms with Gasteiger partial charge in [0.05, 0.1) is 0 Å². The van der Waals surface area contributed by atoms with E-state index in [0.29, 0.717) is 10.6 Å². The number of hydrogen-bond donors (Lipinski definition) is 1. The molecule has 17 heavy (non-hydrogen) atoms. The van der Waals surface area contributed by atoms with Gasteiger partial charge in [-0.25, -0.2) is 0 Å². The Balaban J connectivity index is 2.18. The number of rotatable bonds is 1. The predicted octanol–water partition coefficient (Wildman–Crippen LogP) is 3.43. The van der Waals surface area contributed by atoms with Crippen LogP contribution in [-0.2, 0) is 0 Å². The van der Waals surface area contributed by atoms with Crippen LogP contribution in [-0.4, -0.2) is 5.11 Å². The Kier molecular flexibility index (Phi) is 3.82. The molecule has 0 amide bonds. The molecule has 2 heteroatoms. The van der Waals surface area contributed by atoms with Crippen LogP contribution in [0.4, 0.5) is 0 Å². The molecular weight excluding hydrogens is 232 g/mol. The quantitative estimate of drug-likeness (QED) is 0.760. The van der Waals surface area contributed by atoms with Crippen molar-refractivity contribution in [2.45, 2.75) is 6.10 Å². The lowest BCUT2D eigenvalue weighted by molar-refractivity contribution is 0.238. The van der Waals surface area contributed by atoms with Crippen LogP contribution in [0.2, 0.25) is 5.02 Å². The first kappa shape index (κ1) is 11.7. The van der Waals surface area contributed by atoms with E-state index in [4.69, 9.17) is 11.6 Å². The lowest BCUT2D eigenvalue weighted by Gasteiger charge is -2.03. The van der Waals surface area contributed by atoms with Crippen molar-refractivity contribution >= 4 is 11.6 Å². The lowest BCUT2D eigenvalue weighted by atomic mass is 10.1. The molecule has 0 aromatic heterocycles. The number of halogens is 1. The molecule has 0 aliphatic heterocycles. The van der Waals surface area contributed by atoms with E-state index in [1.807, 2.05) is 30.3 Å². The van der Waals surface area contributed by atoms with Gasteiger partial charge >= 0.3 is 0 Å². The fourth-order valence-electron chi connectivity index (χ4n) is 1.43. The van der Waals surface area contributed by atoms with Crippen molar-refractivity contribution in [2.24, 2.45) is 0 Å². The Morgan fingerprint density at radius 3 is 2.47 bits per heavy atom. The highest BCUT2D eigenvalue weighted by atomic mass is 35.5. The Bertz CT molecular complexity index is 552. The molecule has 84 valence electrons. The number of hydrogen-bond acceptors (Lipinski definition) is 1. The van der Waals surface area contributed by atoms with Crippen LogP contribution in [0.3, 0.4) is 0 Å². The molecular formula is C15H11ClO. The molecule has 0 bridgehead atoms. The van der Waals surface area contributed by atoms with E-state index in [1.165, 1.54) is 0 Å². The third-order valence-electron chi connectivity index (χ3n) is 2.29. The zero-order chi connectivity index (χ0) is 12.1. The number of aliphatic hydroxyl groups is 1. The summed E-state index contributed by atoms with van der Waals surface area (Å²) < 4.78 is 0. The van der Waals surface area contributed by atoms with Gasteiger partial charge in [0.15, 0.2) is 0 Å². The molecule has 0 heterocycles. The predicted molar refractivity (Wildman–Crippen MR) is 69.7 cm³/mol. The number of benzene rings is 2. The summed E-state index contributed by atoms with van der Waals surface area (Å²) in [5, 5.41) is 10.5. The van der Waals surface area contributed by atoms with Crippen LogP contribution in [0.5, 0.6) is 0 Å². The van der Waals surface area contributed by atoms with Crippen LogP contribution in [0.1, 0.15) is 17.2 Å². The monoisotopic (exact) mass is 242 g/mol. The number of aliphatic hydroxyl groups excluding tert-OH is 1. The maximum Gasteiger partial charge on any atom is 0.140 e. The van der Waals surface area contributed by atoms with Crippen molar-refractivity contribution < 1.29 is 5.11 Å². The van der Waals surface area contributed by atoms with Crippen LogP contribution in [0, 0.1) is 11.8 Å². The summed E-state index contributed by atoms with van der Waals surface area (Å²) in [4.78, 5) is 0. The Hall–Kier alpha value is -1.75. The van der Waals surface area contributed by atoms with Gasteiger partial charge in [0.2, 0.25) is 0 Å². The average Bonchev–Trinajstić information content (AvgIpc) is 2.37. The van der Waals surface area contributed by atoms with Gasteiger partial charge in [0.25, 0.3) is 0 Å². The summed E-state index contributed by atoms with van der Waals surface area (Å²) in [6, 6.07) is 16.6. The standard InChI is InChI=1S/C15H11ClO/c16-14-8-4-7-13(11-14)15(17)10-9-12-5-2-1-3-6-12/h1-8,11,15,17H/t15-/m1/s1. The average molecular weight is 243 g/mol. The molecule has 0 saturated carbocycles.